The number of hydrogen-bond acceptors (Lipinski definition) is 2. The van der Waals surface area contributed by atoms with Crippen LogP contribution in [0.3, 0.4) is 0 Å². The summed E-state index contributed by atoms with van der Waals surface area (Å²) >= 11 is 0. The van der Waals surface area contributed by atoms with Crippen molar-refractivity contribution in [3.05, 3.63) is 0 Å². The van der Waals surface area contributed by atoms with E-state index in [0.717, 1.165) is 0 Å². The number of hydrogen-bond donors (Lipinski definition) is 1. The SMILES string of the molecule is CC(=O)CC(=N)CF. The molecule has 0 fully saturated rings. The summed E-state index contributed by atoms with van der Waals surface area (Å²) in [4.78, 5) is 10.1. The highest BCUT2D eigenvalue weighted by molar-refractivity contribution is 5.99. The Hall–Kier alpha value is -0.730. The quantitative estimate of drug-likeness (QED) is 0.549. The number of halogens is 1. The Morgan fingerprint density at radius 1 is 1.75 bits per heavy atom. The van der Waals surface area contributed by atoms with Crippen LogP contribution >= 0.6 is 0 Å². The number of nitrogens with one attached hydrogen (secondary N) is 1. The van der Waals surface area contributed by atoms with Gasteiger partial charge in [0.15, 0.2) is 0 Å². The Morgan fingerprint density at radius 3 is 2.38 bits per heavy atom. The predicted octanol–water partition coefficient (Wildman–Crippen LogP) is 0.955. The smallest absolute Gasteiger partial charge is 0.135 e. The van der Waals surface area contributed by atoms with Crippen molar-refractivity contribution >= 4 is 11.5 Å². The molecule has 0 bridgehead atoms. The van der Waals surface area contributed by atoms with Gasteiger partial charge in [0.05, 0.1) is 0 Å². The molecule has 0 aliphatic heterocycles. The number of rotatable bonds is 3. The van der Waals surface area contributed by atoms with Crippen LogP contribution in [-0.2, 0) is 4.79 Å². The monoisotopic (exact) mass is 117 g/mol. The molecule has 46 valence electrons. The van der Waals surface area contributed by atoms with Crippen LogP contribution in [-0.4, -0.2) is 18.2 Å². The molecule has 0 aromatic carbocycles. The molecule has 0 spiro atoms. The van der Waals surface area contributed by atoms with Crippen LogP contribution in [0.15, 0.2) is 0 Å². The molecule has 0 saturated carbocycles. The second-order valence-electron chi connectivity index (χ2n) is 1.62. The predicted molar refractivity (Wildman–Crippen MR) is 29.0 cm³/mol. The van der Waals surface area contributed by atoms with Crippen molar-refractivity contribution in [3.8, 4) is 0 Å². The number of alkyl halides is 1. The van der Waals surface area contributed by atoms with E-state index < -0.39 is 6.67 Å². The van der Waals surface area contributed by atoms with E-state index in [0.29, 0.717) is 0 Å². The molecule has 0 atom stereocenters. The Morgan fingerprint density at radius 2 is 2.25 bits per heavy atom. The summed E-state index contributed by atoms with van der Waals surface area (Å²) in [6.07, 6.45) is -0.0451. The molecule has 0 aromatic rings. The summed E-state index contributed by atoms with van der Waals surface area (Å²) in [6.45, 7) is 0.532. The first-order valence-electron chi connectivity index (χ1n) is 2.28. The van der Waals surface area contributed by atoms with E-state index in [1.807, 2.05) is 0 Å². The zero-order valence-corrected chi connectivity index (χ0v) is 4.70. The first-order valence-corrected chi connectivity index (χ1v) is 2.28. The van der Waals surface area contributed by atoms with Crippen LogP contribution in [0.4, 0.5) is 4.39 Å². The standard InChI is InChI=1S/C5H8FNO/c1-4(8)2-5(7)3-6/h7H,2-3H2,1H3. The molecule has 0 rings (SSSR count). The lowest BCUT2D eigenvalue weighted by atomic mass is 10.2. The number of carbonyl (C=O) groups excluding carboxylic acids is 1. The Labute approximate surface area is 47.2 Å². The van der Waals surface area contributed by atoms with Crippen molar-refractivity contribution in [1.29, 1.82) is 5.41 Å². The molecule has 0 amide bonds. The molecule has 2 nitrogen and oxygen atoms in total. The molecule has 0 unspecified atom stereocenters. The maximum Gasteiger partial charge on any atom is 0.135 e. The van der Waals surface area contributed by atoms with E-state index in [2.05, 4.69) is 0 Å². The minimum absolute atomic E-state index is 0.0451. The Balaban J connectivity index is 3.40. The fraction of sp³-hybridized carbons (Fsp3) is 0.600. The van der Waals surface area contributed by atoms with Crippen molar-refractivity contribution in [2.24, 2.45) is 0 Å². The largest absolute Gasteiger partial charge is 0.306 e. The van der Waals surface area contributed by atoms with Crippen molar-refractivity contribution in [2.45, 2.75) is 13.3 Å². The van der Waals surface area contributed by atoms with Gasteiger partial charge < -0.3 is 5.41 Å². The van der Waals surface area contributed by atoms with E-state index in [1.165, 1.54) is 6.92 Å². The van der Waals surface area contributed by atoms with Crippen LogP contribution in [0.2, 0.25) is 0 Å². The average Bonchev–Trinajstić information content (AvgIpc) is 1.65. The second-order valence-corrected chi connectivity index (χ2v) is 1.62. The molecular weight excluding hydrogens is 109 g/mol. The van der Waals surface area contributed by atoms with Gasteiger partial charge in [-0.25, -0.2) is 4.39 Å². The van der Waals surface area contributed by atoms with Crippen LogP contribution in [0.5, 0.6) is 0 Å². The molecule has 0 aliphatic rings. The number of Topliss-reactive ketones (excluding diaryl/α,β-unsaturated/α-hetero) is 1. The van der Waals surface area contributed by atoms with Gasteiger partial charge in [-0.1, -0.05) is 0 Å². The van der Waals surface area contributed by atoms with Gasteiger partial charge in [-0.05, 0) is 6.92 Å². The van der Waals surface area contributed by atoms with Gasteiger partial charge in [0, 0.05) is 12.1 Å². The summed E-state index contributed by atoms with van der Waals surface area (Å²) in [5.74, 6) is -0.160. The minimum atomic E-state index is -0.806. The topological polar surface area (TPSA) is 40.9 Å². The lowest BCUT2D eigenvalue weighted by Gasteiger charge is -1.89. The zero-order valence-electron chi connectivity index (χ0n) is 4.70. The third-order valence-electron chi connectivity index (χ3n) is 0.624. The average molecular weight is 117 g/mol. The normalized spacial score (nSPS) is 8.75. The second kappa shape index (κ2) is 3.29. The summed E-state index contributed by atoms with van der Waals surface area (Å²) in [6, 6.07) is 0. The highest BCUT2D eigenvalue weighted by Crippen LogP contribution is 1.85. The summed E-state index contributed by atoms with van der Waals surface area (Å²) in [7, 11) is 0. The summed E-state index contributed by atoms with van der Waals surface area (Å²) in [5.41, 5.74) is -0.141. The minimum Gasteiger partial charge on any atom is -0.306 e. The van der Waals surface area contributed by atoms with E-state index in [1.54, 1.807) is 0 Å². The zero-order chi connectivity index (χ0) is 6.57. The van der Waals surface area contributed by atoms with Crippen molar-refractivity contribution < 1.29 is 9.18 Å². The molecule has 1 N–H and O–H groups in total. The first-order chi connectivity index (χ1) is 3.66. The molecular formula is C5H8FNO. The van der Waals surface area contributed by atoms with Crippen LogP contribution in [0.1, 0.15) is 13.3 Å². The molecule has 0 saturated heterocycles. The number of ketones is 1. The maximum absolute atomic E-state index is 11.4. The van der Waals surface area contributed by atoms with Crippen molar-refractivity contribution in [1.82, 2.24) is 0 Å². The maximum atomic E-state index is 11.4. The van der Waals surface area contributed by atoms with Gasteiger partial charge in [0.25, 0.3) is 0 Å². The van der Waals surface area contributed by atoms with Crippen LogP contribution in [0, 0.1) is 5.41 Å². The van der Waals surface area contributed by atoms with Crippen molar-refractivity contribution in [2.75, 3.05) is 6.67 Å². The summed E-state index contributed by atoms with van der Waals surface area (Å²) in [5, 5.41) is 6.67. The fourth-order valence-corrected chi connectivity index (χ4v) is 0.348. The van der Waals surface area contributed by atoms with Gasteiger partial charge in [-0.2, -0.15) is 0 Å². The molecule has 0 aromatic heterocycles. The molecule has 3 heteroatoms. The lowest BCUT2D eigenvalue weighted by Crippen LogP contribution is -2.04. The fourth-order valence-electron chi connectivity index (χ4n) is 0.348. The molecule has 0 radical (unpaired) electrons. The first kappa shape index (κ1) is 7.27. The van der Waals surface area contributed by atoms with Gasteiger partial charge in [-0.15, -0.1) is 0 Å². The Kier molecular flexibility index (Phi) is 2.99. The highest BCUT2D eigenvalue weighted by Gasteiger charge is 1.97. The molecule has 8 heavy (non-hydrogen) atoms. The Bertz CT molecular complexity index is 111. The van der Waals surface area contributed by atoms with E-state index in [-0.39, 0.29) is 17.9 Å². The van der Waals surface area contributed by atoms with Gasteiger partial charge >= 0.3 is 0 Å². The van der Waals surface area contributed by atoms with Gasteiger partial charge in [-0.3, -0.25) is 4.79 Å². The third-order valence-corrected chi connectivity index (χ3v) is 0.624. The highest BCUT2D eigenvalue weighted by atomic mass is 19.1. The van der Waals surface area contributed by atoms with E-state index in [9.17, 15) is 9.18 Å². The van der Waals surface area contributed by atoms with Gasteiger partial charge in [0.1, 0.15) is 12.5 Å². The molecule has 0 aliphatic carbocycles. The van der Waals surface area contributed by atoms with E-state index >= 15 is 0 Å². The van der Waals surface area contributed by atoms with Crippen LogP contribution in [0.25, 0.3) is 0 Å². The molecule has 0 heterocycles. The lowest BCUT2D eigenvalue weighted by molar-refractivity contribution is -0.115. The van der Waals surface area contributed by atoms with Crippen LogP contribution < -0.4 is 0 Å². The van der Waals surface area contributed by atoms with Gasteiger partial charge in [0.2, 0.25) is 0 Å². The third kappa shape index (κ3) is 3.46. The van der Waals surface area contributed by atoms with Crippen molar-refractivity contribution in [3.63, 3.8) is 0 Å². The van der Waals surface area contributed by atoms with E-state index in [4.69, 9.17) is 5.41 Å². The summed E-state index contributed by atoms with van der Waals surface area (Å²) < 4.78 is 11.4. The number of carbonyl (C=O) groups is 1.